The van der Waals surface area contributed by atoms with Crippen molar-refractivity contribution in [1.82, 2.24) is 10.9 Å². The number of halogens is 2. The van der Waals surface area contributed by atoms with Crippen LogP contribution in [-0.4, -0.2) is 29.2 Å². The lowest BCUT2D eigenvalue weighted by Gasteiger charge is -2.09. The summed E-state index contributed by atoms with van der Waals surface area (Å²) in [7, 11) is 0. The molecule has 2 aromatic rings. The summed E-state index contributed by atoms with van der Waals surface area (Å²) in [6, 6.07) is 12.6. The van der Waals surface area contributed by atoms with Gasteiger partial charge in [0.25, 0.3) is 5.91 Å². The Morgan fingerprint density at radius 2 is 1.58 bits per heavy atom. The summed E-state index contributed by atoms with van der Waals surface area (Å²) in [4.78, 5) is 35.4. The maximum Gasteiger partial charge on any atom is 0.270 e. The molecule has 0 heterocycles. The van der Waals surface area contributed by atoms with Crippen LogP contribution in [0.3, 0.4) is 0 Å². The normalized spacial score (nSPS) is 10.1. The molecule has 0 aliphatic carbocycles. The molecule has 2 aromatic carbocycles. The van der Waals surface area contributed by atoms with E-state index in [1.165, 1.54) is 18.2 Å². The molecule has 136 valence electrons. The minimum Gasteiger partial charge on any atom is -0.323 e. The van der Waals surface area contributed by atoms with Crippen LogP contribution >= 0.6 is 27.7 Å². The molecule has 0 unspecified atom stereocenters. The van der Waals surface area contributed by atoms with Crippen molar-refractivity contribution in [3.8, 4) is 0 Å². The summed E-state index contributed by atoms with van der Waals surface area (Å²) in [6.45, 7) is 0. The van der Waals surface area contributed by atoms with Crippen LogP contribution in [-0.2, 0) is 9.59 Å². The summed E-state index contributed by atoms with van der Waals surface area (Å²) >= 11 is 4.28. The van der Waals surface area contributed by atoms with Gasteiger partial charge >= 0.3 is 0 Å². The molecule has 0 aliphatic heterocycles. The van der Waals surface area contributed by atoms with E-state index in [9.17, 15) is 18.8 Å². The number of thioether (sulfide) groups is 1. The van der Waals surface area contributed by atoms with Crippen molar-refractivity contribution in [3.05, 3.63) is 64.4 Å². The van der Waals surface area contributed by atoms with Gasteiger partial charge in [-0.25, -0.2) is 4.39 Å². The van der Waals surface area contributed by atoms with Crippen molar-refractivity contribution < 1.29 is 18.8 Å². The van der Waals surface area contributed by atoms with Crippen molar-refractivity contribution in [1.29, 1.82) is 0 Å². The molecule has 0 aliphatic rings. The SMILES string of the molecule is O=C(CSCC(=O)Nc1ccccc1F)NNC(=O)c1ccccc1Br. The van der Waals surface area contributed by atoms with Gasteiger partial charge in [0.05, 0.1) is 22.8 Å². The fraction of sp³-hybridized carbons (Fsp3) is 0.118. The second-order valence-corrected chi connectivity index (χ2v) is 6.84. The number of benzene rings is 2. The fourth-order valence-electron chi connectivity index (χ4n) is 1.86. The molecule has 3 N–H and O–H groups in total. The Morgan fingerprint density at radius 3 is 2.31 bits per heavy atom. The molecule has 3 amide bonds. The third kappa shape index (κ3) is 6.16. The van der Waals surface area contributed by atoms with Crippen LogP contribution in [0.15, 0.2) is 53.0 Å². The van der Waals surface area contributed by atoms with Gasteiger partial charge in [0, 0.05) is 4.47 Å². The molecule has 0 aromatic heterocycles. The lowest BCUT2D eigenvalue weighted by Crippen LogP contribution is -2.42. The van der Waals surface area contributed by atoms with E-state index in [1.807, 2.05) is 0 Å². The van der Waals surface area contributed by atoms with Crippen LogP contribution in [0.25, 0.3) is 0 Å². The largest absolute Gasteiger partial charge is 0.323 e. The summed E-state index contributed by atoms with van der Waals surface area (Å²) in [5.74, 6) is -1.95. The molecule has 0 fully saturated rings. The smallest absolute Gasteiger partial charge is 0.270 e. The third-order valence-corrected chi connectivity index (χ3v) is 4.67. The maximum atomic E-state index is 13.4. The van der Waals surface area contributed by atoms with Crippen LogP contribution in [0.1, 0.15) is 10.4 Å². The number of para-hydroxylation sites is 1. The Kier molecular flexibility index (Phi) is 7.61. The summed E-state index contributed by atoms with van der Waals surface area (Å²) in [6.07, 6.45) is 0. The predicted octanol–water partition coefficient (Wildman–Crippen LogP) is 2.72. The zero-order chi connectivity index (χ0) is 18.9. The molecule has 0 saturated heterocycles. The van der Waals surface area contributed by atoms with Crippen molar-refractivity contribution in [2.45, 2.75) is 0 Å². The number of carbonyl (C=O) groups is 3. The van der Waals surface area contributed by atoms with Crippen LogP contribution in [0.5, 0.6) is 0 Å². The topological polar surface area (TPSA) is 87.3 Å². The highest BCUT2D eigenvalue weighted by Gasteiger charge is 2.11. The van der Waals surface area contributed by atoms with Crippen molar-refractivity contribution in [2.75, 3.05) is 16.8 Å². The zero-order valence-electron chi connectivity index (χ0n) is 13.4. The number of amides is 3. The fourth-order valence-corrected chi connectivity index (χ4v) is 2.94. The molecule has 0 atom stereocenters. The van der Waals surface area contributed by atoms with E-state index in [0.717, 1.165) is 11.8 Å². The van der Waals surface area contributed by atoms with Gasteiger partial charge < -0.3 is 5.32 Å². The van der Waals surface area contributed by atoms with Crippen LogP contribution in [0.2, 0.25) is 0 Å². The highest BCUT2D eigenvalue weighted by molar-refractivity contribution is 9.10. The first kappa shape index (κ1) is 19.9. The van der Waals surface area contributed by atoms with Gasteiger partial charge in [-0.15, -0.1) is 11.8 Å². The van der Waals surface area contributed by atoms with Crippen molar-refractivity contribution >= 4 is 51.1 Å². The second-order valence-electron chi connectivity index (χ2n) is 5.00. The first-order valence-corrected chi connectivity index (χ1v) is 9.38. The average Bonchev–Trinajstić information content (AvgIpc) is 2.62. The molecule has 9 heteroatoms. The standard InChI is InChI=1S/C17H15BrFN3O3S/c18-12-6-2-1-5-11(12)17(25)22-21-16(24)10-26-9-15(23)20-14-8-4-3-7-13(14)19/h1-8H,9-10H2,(H,20,23)(H,21,24)(H,22,25). The van der Waals surface area contributed by atoms with Gasteiger partial charge in [-0.05, 0) is 40.2 Å². The van der Waals surface area contributed by atoms with Crippen molar-refractivity contribution in [2.24, 2.45) is 0 Å². The molecule has 0 spiro atoms. The van der Waals surface area contributed by atoms with E-state index in [2.05, 4.69) is 32.1 Å². The lowest BCUT2D eigenvalue weighted by atomic mass is 10.2. The summed E-state index contributed by atoms with van der Waals surface area (Å²) < 4.78 is 14.0. The van der Waals surface area contributed by atoms with E-state index in [-0.39, 0.29) is 17.2 Å². The Bertz CT molecular complexity index is 819. The number of hydrogen-bond donors (Lipinski definition) is 3. The molecular weight excluding hydrogens is 425 g/mol. The van der Waals surface area contributed by atoms with Gasteiger partial charge in [-0.3, -0.25) is 25.2 Å². The number of anilines is 1. The number of hydrogen-bond acceptors (Lipinski definition) is 4. The van der Waals surface area contributed by atoms with Gasteiger partial charge in [-0.1, -0.05) is 24.3 Å². The quantitative estimate of drug-likeness (QED) is 0.603. The van der Waals surface area contributed by atoms with Gasteiger partial charge in [0.2, 0.25) is 11.8 Å². The highest BCUT2D eigenvalue weighted by Crippen LogP contribution is 2.15. The Balaban J connectivity index is 1.69. The van der Waals surface area contributed by atoms with E-state index >= 15 is 0 Å². The molecule has 0 bridgehead atoms. The average molecular weight is 440 g/mol. The van der Waals surface area contributed by atoms with E-state index in [0.29, 0.717) is 10.0 Å². The Hall–Kier alpha value is -2.39. The molecule has 0 radical (unpaired) electrons. The van der Waals surface area contributed by atoms with Gasteiger partial charge in [-0.2, -0.15) is 0 Å². The highest BCUT2D eigenvalue weighted by atomic mass is 79.9. The van der Waals surface area contributed by atoms with E-state index < -0.39 is 23.5 Å². The van der Waals surface area contributed by atoms with E-state index in [1.54, 1.807) is 30.3 Å². The second kappa shape index (κ2) is 9.93. The minimum atomic E-state index is -0.529. The third-order valence-electron chi connectivity index (χ3n) is 3.05. The molecule has 6 nitrogen and oxygen atoms in total. The number of hydrazine groups is 1. The number of carbonyl (C=O) groups excluding carboxylic acids is 3. The Morgan fingerprint density at radius 1 is 0.923 bits per heavy atom. The summed E-state index contributed by atoms with van der Waals surface area (Å²) in [5, 5.41) is 2.42. The molecule has 26 heavy (non-hydrogen) atoms. The molecule has 0 saturated carbocycles. The molecular formula is C17H15BrFN3O3S. The predicted molar refractivity (Wildman–Crippen MR) is 102 cm³/mol. The van der Waals surface area contributed by atoms with Crippen molar-refractivity contribution in [3.63, 3.8) is 0 Å². The van der Waals surface area contributed by atoms with Crippen LogP contribution < -0.4 is 16.2 Å². The monoisotopic (exact) mass is 439 g/mol. The van der Waals surface area contributed by atoms with Gasteiger partial charge in [0.1, 0.15) is 5.82 Å². The molecule has 2 rings (SSSR count). The van der Waals surface area contributed by atoms with Gasteiger partial charge in [0.15, 0.2) is 0 Å². The Labute approximate surface area is 162 Å². The first-order valence-electron chi connectivity index (χ1n) is 7.43. The zero-order valence-corrected chi connectivity index (χ0v) is 15.8. The summed E-state index contributed by atoms with van der Waals surface area (Å²) in [5.41, 5.74) is 5.03. The minimum absolute atomic E-state index is 0.0278. The van der Waals surface area contributed by atoms with Crippen LogP contribution in [0.4, 0.5) is 10.1 Å². The lowest BCUT2D eigenvalue weighted by molar-refractivity contribution is -0.119. The number of nitrogens with one attached hydrogen (secondary N) is 3. The number of rotatable bonds is 6. The first-order chi connectivity index (χ1) is 12.5. The van der Waals surface area contributed by atoms with E-state index in [4.69, 9.17) is 0 Å². The van der Waals surface area contributed by atoms with Crippen LogP contribution in [0, 0.1) is 5.82 Å². The maximum absolute atomic E-state index is 13.4.